The number of aromatic carboxylic acids is 3. The van der Waals surface area contributed by atoms with Crippen LogP contribution < -0.4 is 4.74 Å². The predicted molar refractivity (Wildman–Crippen MR) is 83.9 cm³/mol. The normalized spacial score (nSPS) is 10.0. The second-order valence-corrected chi connectivity index (χ2v) is 5.00. The van der Waals surface area contributed by atoms with Gasteiger partial charge in [0.15, 0.2) is 5.78 Å². The second-order valence-electron chi connectivity index (χ2n) is 5.00. The van der Waals surface area contributed by atoms with Crippen LogP contribution in [0.1, 0.15) is 47.0 Å². The van der Waals surface area contributed by atoms with E-state index < -0.39 is 34.8 Å². The van der Waals surface area contributed by atoms with E-state index in [-0.39, 0.29) is 28.9 Å². The number of carboxylic acids is 3. The van der Waals surface area contributed by atoms with Crippen LogP contribution in [0.5, 0.6) is 5.75 Å². The Hall–Kier alpha value is -4.01. The van der Waals surface area contributed by atoms with Crippen LogP contribution in [0, 0.1) is 0 Å². The van der Waals surface area contributed by atoms with E-state index >= 15 is 0 Å². The standard InChI is InChI=1S/C17H10O9/c18-7-26-13-5-9(3-12(6-13)17(24)25)14(19)8-1-10(15(20)21)4-11(2-8)16(22)23/h1-7H,(H,20,21)(H,22,23)(H,24,25). The van der Waals surface area contributed by atoms with Crippen LogP contribution in [0.15, 0.2) is 36.4 Å². The maximum absolute atomic E-state index is 12.6. The van der Waals surface area contributed by atoms with E-state index in [2.05, 4.69) is 4.74 Å². The summed E-state index contributed by atoms with van der Waals surface area (Å²) in [6.45, 7) is 0.0444. The summed E-state index contributed by atoms with van der Waals surface area (Å²) < 4.78 is 4.56. The number of benzene rings is 2. The molecule has 0 aliphatic rings. The van der Waals surface area contributed by atoms with Crippen LogP contribution in [0.4, 0.5) is 0 Å². The van der Waals surface area contributed by atoms with Crippen LogP contribution >= 0.6 is 0 Å². The Kier molecular flexibility index (Phi) is 5.12. The first-order valence-corrected chi connectivity index (χ1v) is 6.88. The molecular formula is C17H10O9. The van der Waals surface area contributed by atoms with E-state index in [9.17, 15) is 24.0 Å². The van der Waals surface area contributed by atoms with Gasteiger partial charge in [0, 0.05) is 11.1 Å². The molecule has 0 aromatic heterocycles. The molecule has 9 nitrogen and oxygen atoms in total. The van der Waals surface area contributed by atoms with Gasteiger partial charge in [0.25, 0.3) is 6.47 Å². The zero-order valence-electron chi connectivity index (χ0n) is 12.8. The van der Waals surface area contributed by atoms with Gasteiger partial charge in [-0.3, -0.25) is 9.59 Å². The summed E-state index contributed by atoms with van der Waals surface area (Å²) in [5, 5.41) is 27.2. The third-order valence-corrected chi connectivity index (χ3v) is 3.29. The Morgan fingerprint density at radius 3 is 1.42 bits per heavy atom. The topological polar surface area (TPSA) is 155 Å². The van der Waals surface area contributed by atoms with Crippen LogP contribution in [0.2, 0.25) is 0 Å². The molecular weight excluding hydrogens is 348 g/mol. The van der Waals surface area contributed by atoms with Gasteiger partial charge < -0.3 is 20.1 Å². The summed E-state index contributed by atoms with van der Waals surface area (Å²) in [7, 11) is 0. The molecule has 2 aromatic rings. The van der Waals surface area contributed by atoms with Gasteiger partial charge in [-0.1, -0.05) is 0 Å². The number of ether oxygens (including phenoxy) is 1. The average Bonchev–Trinajstić information content (AvgIpc) is 2.60. The fourth-order valence-corrected chi connectivity index (χ4v) is 2.15. The summed E-state index contributed by atoms with van der Waals surface area (Å²) >= 11 is 0. The van der Waals surface area contributed by atoms with Gasteiger partial charge in [0.1, 0.15) is 5.75 Å². The maximum Gasteiger partial charge on any atom is 0.335 e. The Labute approximate surface area is 145 Å². The number of hydrogen-bond donors (Lipinski definition) is 3. The van der Waals surface area contributed by atoms with Crippen molar-refractivity contribution in [1.29, 1.82) is 0 Å². The zero-order chi connectivity index (χ0) is 19.4. The fraction of sp³-hybridized carbons (Fsp3) is 0. The Balaban J connectivity index is 2.61. The van der Waals surface area contributed by atoms with Gasteiger partial charge in [0.05, 0.1) is 16.7 Å². The van der Waals surface area contributed by atoms with Crippen molar-refractivity contribution in [3.8, 4) is 5.75 Å². The zero-order valence-corrected chi connectivity index (χ0v) is 12.8. The van der Waals surface area contributed by atoms with Crippen molar-refractivity contribution in [2.75, 3.05) is 0 Å². The summed E-state index contributed by atoms with van der Waals surface area (Å²) in [5.74, 6) is -5.32. The largest absolute Gasteiger partial charge is 0.478 e. The van der Waals surface area contributed by atoms with Crippen molar-refractivity contribution in [2.45, 2.75) is 0 Å². The van der Waals surface area contributed by atoms with Gasteiger partial charge in [-0.2, -0.15) is 0 Å². The summed E-state index contributed by atoms with van der Waals surface area (Å²) in [4.78, 5) is 56.5. The van der Waals surface area contributed by atoms with Gasteiger partial charge in [-0.05, 0) is 36.4 Å². The highest BCUT2D eigenvalue weighted by atomic mass is 16.5. The molecule has 0 unspecified atom stereocenters. The number of carbonyl (C=O) groups excluding carboxylic acids is 2. The van der Waals surface area contributed by atoms with Crippen molar-refractivity contribution in [1.82, 2.24) is 0 Å². The molecule has 0 saturated heterocycles. The van der Waals surface area contributed by atoms with E-state index in [1.165, 1.54) is 0 Å². The van der Waals surface area contributed by atoms with E-state index in [4.69, 9.17) is 15.3 Å². The predicted octanol–water partition coefficient (Wildman–Crippen LogP) is 1.55. The summed E-state index contributed by atoms with van der Waals surface area (Å²) in [6.07, 6.45) is 0. The first-order valence-electron chi connectivity index (χ1n) is 6.88. The molecule has 0 fully saturated rings. The van der Waals surface area contributed by atoms with Crippen molar-refractivity contribution in [3.63, 3.8) is 0 Å². The molecule has 9 heteroatoms. The van der Waals surface area contributed by atoms with Crippen molar-refractivity contribution < 1.29 is 44.0 Å². The minimum absolute atomic E-state index is 0.0444. The monoisotopic (exact) mass is 358 g/mol. The molecule has 0 bridgehead atoms. The van der Waals surface area contributed by atoms with E-state index in [0.29, 0.717) is 0 Å². The molecule has 0 aliphatic carbocycles. The maximum atomic E-state index is 12.6. The number of carboxylic acid groups (broad SMARTS) is 3. The Morgan fingerprint density at radius 1 is 0.654 bits per heavy atom. The van der Waals surface area contributed by atoms with E-state index in [1.807, 2.05) is 0 Å². The Morgan fingerprint density at radius 2 is 1.00 bits per heavy atom. The van der Waals surface area contributed by atoms with E-state index in [0.717, 1.165) is 36.4 Å². The van der Waals surface area contributed by atoms with Gasteiger partial charge >= 0.3 is 17.9 Å². The molecule has 2 rings (SSSR count). The average molecular weight is 358 g/mol. The molecule has 0 atom stereocenters. The fourth-order valence-electron chi connectivity index (χ4n) is 2.15. The minimum Gasteiger partial charge on any atom is -0.478 e. The molecule has 0 spiro atoms. The highest BCUT2D eigenvalue weighted by molar-refractivity contribution is 6.12. The number of carbonyl (C=O) groups is 5. The lowest BCUT2D eigenvalue weighted by Gasteiger charge is -2.08. The Bertz CT molecular complexity index is 911. The van der Waals surface area contributed by atoms with Crippen molar-refractivity contribution in [2.24, 2.45) is 0 Å². The smallest absolute Gasteiger partial charge is 0.335 e. The summed E-state index contributed by atoms with van der Waals surface area (Å²) in [5.41, 5.74) is -1.69. The molecule has 2 aromatic carbocycles. The third kappa shape index (κ3) is 3.90. The van der Waals surface area contributed by atoms with Crippen LogP contribution in [0.25, 0.3) is 0 Å². The number of hydrogen-bond acceptors (Lipinski definition) is 6. The number of ketones is 1. The molecule has 0 radical (unpaired) electrons. The van der Waals surface area contributed by atoms with Crippen molar-refractivity contribution in [3.05, 3.63) is 64.2 Å². The molecule has 0 amide bonds. The highest BCUT2D eigenvalue weighted by Crippen LogP contribution is 2.21. The van der Waals surface area contributed by atoms with Crippen LogP contribution in [-0.2, 0) is 4.79 Å². The minimum atomic E-state index is -1.44. The third-order valence-electron chi connectivity index (χ3n) is 3.29. The first-order chi connectivity index (χ1) is 12.2. The van der Waals surface area contributed by atoms with Gasteiger partial charge in [-0.15, -0.1) is 0 Å². The lowest BCUT2D eigenvalue weighted by atomic mass is 9.97. The van der Waals surface area contributed by atoms with Crippen LogP contribution in [0.3, 0.4) is 0 Å². The quantitative estimate of drug-likeness (QED) is 0.493. The van der Waals surface area contributed by atoms with Crippen LogP contribution in [-0.4, -0.2) is 45.5 Å². The van der Waals surface area contributed by atoms with Crippen molar-refractivity contribution >= 4 is 30.2 Å². The SMILES string of the molecule is O=COc1cc(C(=O)O)cc(C(=O)c2cc(C(=O)O)cc(C(=O)O)c2)c1. The first kappa shape index (κ1) is 18.3. The second kappa shape index (κ2) is 7.26. The lowest BCUT2D eigenvalue weighted by Crippen LogP contribution is -2.10. The molecule has 0 saturated carbocycles. The molecule has 26 heavy (non-hydrogen) atoms. The molecule has 0 aliphatic heterocycles. The van der Waals surface area contributed by atoms with Gasteiger partial charge in [0.2, 0.25) is 0 Å². The lowest BCUT2D eigenvalue weighted by molar-refractivity contribution is -0.120. The summed E-state index contributed by atoms with van der Waals surface area (Å²) in [6, 6.07) is 5.91. The molecule has 3 N–H and O–H groups in total. The molecule has 0 heterocycles. The number of rotatable bonds is 7. The van der Waals surface area contributed by atoms with Gasteiger partial charge in [-0.25, -0.2) is 14.4 Å². The van der Waals surface area contributed by atoms with E-state index in [1.54, 1.807) is 0 Å². The molecule has 132 valence electrons. The highest BCUT2D eigenvalue weighted by Gasteiger charge is 2.19.